The zero-order valence-electron chi connectivity index (χ0n) is 8.33. The molecule has 1 aromatic carbocycles. The monoisotopic (exact) mass is 224 g/mol. The van der Waals surface area contributed by atoms with Crippen molar-refractivity contribution in [2.75, 3.05) is 0 Å². The van der Waals surface area contributed by atoms with Crippen molar-refractivity contribution in [1.82, 2.24) is 5.43 Å². The number of nitrogens with one attached hydrogen (secondary N) is 2. The van der Waals surface area contributed by atoms with Gasteiger partial charge in [-0.15, -0.1) is 0 Å². The van der Waals surface area contributed by atoms with E-state index in [2.05, 4.69) is 15.5 Å². The molecule has 86 valence electrons. The van der Waals surface area contributed by atoms with Crippen LogP contribution in [0.4, 0.5) is 0 Å². The van der Waals surface area contributed by atoms with E-state index in [4.69, 9.17) is 11.4 Å². The summed E-state index contributed by atoms with van der Waals surface area (Å²) < 4.78 is 0. The van der Waals surface area contributed by atoms with Crippen molar-refractivity contribution in [1.29, 1.82) is 5.53 Å². The van der Waals surface area contributed by atoms with Crippen LogP contribution in [-0.2, 0) is 9.63 Å². The molecule has 0 aliphatic rings. The summed E-state index contributed by atoms with van der Waals surface area (Å²) >= 11 is 0. The largest absolute Gasteiger partial charge is 0.386 e. The van der Waals surface area contributed by atoms with Crippen molar-refractivity contribution < 1.29 is 14.7 Å². The summed E-state index contributed by atoms with van der Waals surface area (Å²) in [6, 6.07) is 7.25. The highest BCUT2D eigenvalue weighted by molar-refractivity contribution is 5.76. The third-order valence-corrected chi connectivity index (χ3v) is 2.03. The van der Waals surface area contributed by atoms with Gasteiger partial charge in [0, 0.05) is 0 Å². The fourth-order valence-corrected chi connectivity index (χ4v) is 1.24. The zero-order chi connectivity index (χ0) is 12.0. The summed E-state index contributed by atoms with van der Waals surface area (Å²) in [5, 5.41) is 12.7. The van der Waals surface area contributed by atoms with E-state index in [0.717, 1.165) is 0 Å². The molecule has 0 saturated heterocycles. The quantitative estimate of drug-likeness (QED) is 0.415. The molecule has 0 aromatic heterocycles. The predicted octanol–water partition coefficient (Wildman–Crippen LogP) is 0.0411. The van der Waals surface area contributed by atoms with Gasteiger partial charge in [0.25, 0.3) is 0 Å². The van der Waals surface area contributed by atoms with Crippen molar-refractivity contribution in [2.45, 2.75) is 12.1 Å². The first kappa shape index (κ1) is 12.1. The van der Waals surface area contributed by atoms with Gasteiger partial charge in [-0.25, -0.2) is 4.79 Å². The number of hydrogen-bond donors (Lipinski definition) is 4. The van der Waals surface area contributed by atoms with Crippen LogP contribution in [0.1, 0.15) is 11.7 Å². The predicted molar refractivity (Wildman–Crippen MR) is 53.8 cm³/mol. The van der Waals surface area contributed by atoms with Gasteiger partial charge in [-0.2, -0.15) is 11.4 Å². The van der Waals surface area contributed by atoms with Crippen LogP contribution >= 0.6 is 0 Å². The Labute approximate surface area is 91.6 Å². The van der Waals surface area contributed by atoms with E-state index in [1.165, 1.54) is 0 Å². The molecule has 7 nitrogen and oxygen atoms in total. The molecule has 2 atom stereocenters. The molecule has 0 heterocycles. The molecular weight excluding hydrogens is 212 g/mol. The molecule has 0 radical (unpaired) electrons. The van der Waals surface area contributed by atoms with Gasteiger partial charge in [0.1, 0.15) is 6.10 Å². The van der Waals surface area contributed by atoms with Gasteiger partial charge >= 0.3 is 5.97 Å². The Hall–Kier alpha value is -1.99. The fraction of sp³-hybridized carbons (Fsp3) is 0.222. The Bertz CT molecular complexity index is 357. The summed E-state index contributed by atoms with van der Waals surface area (Å²) in [5.74, 6) is 3.82. The second-order valence-electron chi connectivity index (χ2n) is 3.01. The number of benzene rings is 1. The lowest BCUT2D eigenvalue weighted by Crippen LogP contribution is -2.41. The first-order chi connectivity index (χ1) is 7.70. The minimum Gasteiger partial charge on any atom is -0.386 e. The van der Waals surface area contributed by atoms with Crippen LogP contribution < -0.4 is 11.3 Å². The van der Waals surface area contributed by atoms with Crippen molar-refractivity contribution in [3.8, 4) is 0 Å². The highest BCUT2D eigenvalue weighted by atomic mass is 16.7. The first-order valence-electron chi connectivity index (χ1n) is 4.46. The fourth-order valence-electron chi connectivity index (χ4n) is 1.24. The molecule has 0 amide bonds. The highest BCUT2D eigenvalue weighted by Crippen LogP contribution is 2.17. The lowest BCUT2D eigenvalue weighted by atomic mass is 10.0. The Balaban J connectivity index is 2.86. The smallest absolute Gasteiger partial charge is 0.351 e. The van der Waals surface area contributed by atoms with Crippen molar-refractivity contribution in [3.05, 3.63) is 35.9 Å². The zero-order valence-corrected chi connectivity index (χ0v) is 8.33. The van der Waals surface area contributed by atoms with Gasteiger partial charge in [-0.3, -0.25) is 5.43 Å². The van der Waals surface area contributed by atoms with Crippen LogP contribution in [0, 0.1) is 5.53 Å². The van der Waals surface area contributed by atoms with Crippen LogP contribution in [0.15, 0.2) is 35.6 Å². The van der Waals surface area contributed by atoms with E-state index in [-0.39, 0.29) is 0 Å². The maximum Gasteiger partial charge on any atom is 0.351 e. The summed E-state index contributed by atoms with van der Waals surface area (Å²) in [6.07, 6.45) is -1.19. The number of carbonyl (C=O) groups is 1. The second kappa shape index (κ2) is 5.79. The van der Waals surface area contributed by atoms with Crippen molar-refractivity contribution >= 4 is 5.97 Å². The number of aliphatic hydroxyl groups excluding tert-OH is 1. The van der Waals surface area contributed by atoms with Crippen LogP contribution in [0.3, 0.4) is 0 Å². The molecule has 1 rings (SSSR count). The molecule has 16 heavy (non-hydrogen) atoms. The number of rotatable bonds is 5. The molecule has 0 bridgehead atoms. The van der Waals surface area contributed by atoms with E-state index in [0.29, 0.717) is 5.56 Å². The van der Waals surface area contributed by atoms with Gasteiger partial charge in [0.15, 0.2) is 6.04 Å². The van der Waals surface area contributed by atoms with Gasteiger partial charge < -0.3 is 9.94 Å². The second-order valence-corrected chi connectivity index (χ2v) is 3.01. The summed E-state index contributed by atoms with van der Waals surface area (Å²) in [7, 11) is 0. The molecule has 2 unspecified atom stereocenters. The summed E-state index contributed by atoms with van der Waals surface area (Å²) in [6.45, 7) is 0. The van der Waals surface area contributed by atoms with Crippen molar-refractivity contribution in [2.24, 2.45) is 11.1 Å². The minimum absolute atomic E-state index is 0.494. The minimum atomic E-state index is -1.20. The Morgan fingerprint density at radius 2 is 2.12 bits per heavy atom. The van der Waals surface area contributed by atoms with Gasteiger partial charge in [0.2, 0.25) is 0 Å². The molecule has 0 saturated carbocycles. The Morgan fingerprint density at radius 3 is 2.62 bits per heavy atom. The molecule has 0 spiro atoms. The molecular formula is C9H12N4O3. The average Bonchev–Trinajstić information content (AvgIpc) is 2.35. The van der Waals surface area contributed by atoms with Gasteiger partial charge in [0.05, 0.1) is 0 Å². The maximum atomic E-state index is 11.2. The van der Waals surface area contributed by atoms with E-state index < -0.39 is 18.1 Å². The topological polar surface area (TPSA) is 121 Å². The van der Waals surface area contributed by atoms with E-state index in [1.807, 2.05) is 0 Å². The molecule has 0 fully saturated rings. The number of aliphatic hydroxyl groups is 1. The Morgan fingerprint density at radius 1 is 1.50 bits per heavy atom. The number of nitrogens with zero attached hydrogens (tertiary/aromatic N) is 1. The third-order valence-electron chi connectivity index (χ3n) is 2.03. The van der Waals surface area contributed by atoms with Crippen molar-refractivity contribution in [3.63, 3.8) is 0 Å². The average molecular weight is 224 g/mol. The van der Waals surface area contributed by atoms with Crippen LogP contribution in [0.25, 0.3) is 0 Å². The lowest BCUT2D eigenvalue weighted by molar-refractivity contribution is -0.150. The summed E-state index contributed by atoms with van der Waals surface area (Å²) in [5.41, 5.74) is 9.22. The number of hydrogen-bond acceptors (Lipinski definition) is 6. The first-order valence-corrected chi connectivity index (χ1v) is 4.46. The normalized spacial score (nSPS) is 13.6. The summed E-state index contributed by atoms with van der Waals surface area (Å²) in [4.78, 5) is 15.2. The molecule has 5 N–H and O–H groups in total. The van der Waals surface area contributed by atoms with E-state index >= 15 is 0 Å². The molecule has 7 heteroatoms. The van der Waals surface area contributed by atoms with Gasteiger partial charge in [-0.1, -0.05) is 35.6 Å². The molecule has 0 aliphatic heterocycles. The number of nitrogens with two attached hydrogens (primary N) is 1. The molecule has 0 aliphatic carbocycles. The van der Waals surface area contributed by atoms with Gasteiger partial charge in [-0.05, 0) is 5.56 Å². The van der Waals surface area contributed by atoms with E-state index in [9.17, 15) is 9.90 Å². The number of carbonyl (C=O) groups excluding carboxylic acids is 1. The molecule has 1 aromatic rings. The Kier molecular flexibility index (Phi) is 4.37. The van der Waals surface area contributed by atoms with Crippen LogP contribution in [0.5, 0.6) is 0 Å². The maximum absolute atomic E-state index is 11.2. The SMILES string of the molecule is N=NNC(C(=O)ON)C(O)c1ccccc1. The van der Waals surface area contributed by atoms with Crippen LogP contribution in [0.2, 0.25) is 0 Å². The highest BCUT2D eigenvalue weighted by Gasteiger charge is 2.29. The van der Waals surface area contributed by atoms with E-state index in [1.54, 1.807) is 30.3 Å². The third kappa shape index (κ3) is 2.75. The standard InChI is InChI=1S/C9H12N4O3/c10-13-12-7(9(15)16-11)8(14)6-4-2-1-3-5-6/h1-5,7-8,14H,11H2,(H2,10,12). The van der Waals surface area contributed by atoms with Crippen LogP contribution in [-0.4, -0.2) is 17.1 Å². The lowest BCUT2D eigenvalue weighted by Gasteiger charge is -2.19.